The first-order valence-electron chi connectivity index (χ1n) is 10.3. The minimum absolute atomic E-state index is 0.0768. The Bertz CT molecular complexity index is 1160. The standard InChI is InChI=1S/C24H27NO5/c1-14-10-23(27)30-24-16(3)22(8-7-19(14)24)29-13-21(26)20-11-15(2)25(17(20)4)12-18-6-5-9-28-18/h7-8,10-11,18H,5-6,9,12-13H2,1-4H3/t18-/m0/s1. The molecule has 6 nitrogen and oxygen atoms in total. The number of nitrogens with zero attached hydrogens (tertiary/aromatic N) is 1. The van der Waals surface area contributed by atoms with E-state index in [0.29, 0.717) is 22.5 Å². The molecule has 1 saturated heterocycles. The molecule has 1 fully saturated rings. The maximum Gasteiger partial charge on any atom is 0.336 e. The fraction of sp³-hybridized carbons (Fsp3) is 0.417. The minimum Gasteiger partial charge on any atom is -0.485 e. The number of Topliss-reactive ketones (excluding diaryl/α,β-unsaturated/α-hetero) is 1. The number of hydrogen-bond acceptors (Lipinski definition) is 5. The highest BCUT2D eigenvalue weighted by Crippen LogP contribution is 2.28. The maximum absolute atomic E-state index is 12.9. The number of carbonyl (C=O) groups is 1. The van der Waals surface area contributed by atoms with Gasteiger partial charge in [0, 0.05) is 47.1 Å². The molecule has 3 aromatic rings. The molecule has 0 radical (unpaired) electrons. The second-order valence-electron chi connectivity index (χ2n) is 8.06. The van der Waals surface area contributed by atoms with E-state index in [0.717, 1.165) is 48.3 Å². The minimum atomic E-state index is -0.394. The molecule has 4 rings (SSSR count). The van der Waals surface area contributed by atoms with E-state index in [1.54, 1.807) is 0 Å². The van der Waals surface area contributed by atoms with Crippen LogP contribution in [0.3, 0.4) is 0 Å². The molecule has 0 saturated carbocycles. The van der Waals surface area contributed by atoms with Crippen LogP contribution >= 0.6 is 0 Å². The van der Waals surface area contributed by atoms with Crippen LogP contribution in [0.25, 0.3) is 11.0 Å². The first-order valence-corrected chi connectivity index (χ1v) is 10.3. The first kappa shape index (κ1) is 20.4. The largest absolute Gasteiger partial charge is 0.485 e. The maximum atomic E-state index is 12.9. The Labute approximate surface area is 175 Å². The van der Waals surface area contributed by atoms with Gasteiger partial charge in [0.05, 0.1) is 6.10 Å². The number of aromatic nitrogens is 1. The molecular weight excluding hydrogens is 382 g/mol. The fourth-order valence-electron chi connectivity index (χ4n) is 4.23. The van der Waals surface area contributed by atoms with Gasteiger partial charge in [0.15, 0.2) is 6.61 Å². The lowest BCUT2D eigenvalue weighted by atomic mass is 10.1. The van der Waals surface area contributed by atoms with Gasteiger partial charge in [0.1, 0.15) is 11.3 Å². The van der Waals surface area contributed by atoms with Crippen molar-refractivity contribution in [1.82, 2.24) is 4.57 Å². The molecule has 158 valence electrons. The van der Waals surface area contributed by atoms with Crippen molar-refractivity contribution >= 4 is 16.8 Å². The first-order chi connectivity index (χ1) is 14.3. The van der Waals surface area contributed by atoms with Gasteiger partial charge in [0.25, 0.3) is 0 Å². The second-order valence-corrected chi connectivity index (χ2v) is 8.06. The number of fused-ring (bicyclic) bond motifs is 1. The lowest BCUT2D eigenvalue weighted by Gasteiger charge is -2.15. The second kappa shape index (κ2) is 8.11. The molecule has 0 aliphatic carbocycles. The van der Waals surface area contributed by atoms with E-state index in [1.807, 2.05) is 45.9 Å². The Balaban J connectivity index is 1.52. The summed E-state index contributed by atoms with van der Waals surface area (Å²) in [5.74, 6) is 0.463. The quantitative estimate of drug-likeness (QED) is 0.449. The van der Waals surface area contributed by atoms with Crippen molar-refractivity contribution in [3.05, 3.63) is 62.8 Å². The zero-order valence-electron chi connectivity index (χ0n) is 17.9. The van der Waals surface area contributed by atoms with Gasteiger partial charge in [-0.2, -0.15) is 0 Å². The summed E-state index contributed by atoms with van der Waals surface area (Å²) < 4.78 is 19.1. The summed E-state index contributed by atoms with van der Waals surface area (Å²) in [6.07, 6.45) is 2.36. The van der Waals surface area contributed by atoms with Gasteiger partial charge in [0.2, 0.25) is 5.78 Å². The van der Waals surface area contributed by atoms with E-state index < -0.39 is 5.63 Å². The Morgan fingerprint density at radius 1 is 1.20 bits per heavy atom. The van der Waals surface area contributed by atoms with Gasteiger partial charge in [-0.1, -0.05) is 0 Å². The highest BCUT2D eigenvalue weighted by molar-refractivity contribution is 5.98. The van der Waals surface area contributed by atoms with Crippen LogP contribution in [0.2, 0.25) is 0 Å². The SMILES string of the molecule is Cc1cc(=O)oc2c(C)c(OCC(=O)c3cc(C)n(C[C@@H]4CCCO4)c3C)ccc12. The Morgan fingerprint density at radius 2 is 2.00 bits per heavy atom. The van der Waals surface area contributed by atoms with Crippen LogP contribution in [-0.2, 0) is 11.3 Å². The average Bonchev–Trinajstić information content (AvgIpc) is 3.31. The number of rotatable bonds is 6. The summed E-state index contributed by atoms with van der Waals surface area (Å²) in [6, 6.07) is 7.07. The molecule has 1 aliphatic rings. The zero-order chi connectivity index (χ0) is 21.4. The van der Waals surface area contributed by atoms with Gasteiger partial charge in [-0.05, 0) is 64.3 Å². The lowest BCUT2D eigenvalue weighted by Crippen LogP contribution is -2.18. The van der Waals surface area contributed by atoms with Crippen molar-refractivity contribution in [2.45, 2.75) is 53.2 Å². The molecule has 1 aliphatic heterocycles. The molecule has 0 unspecified atom stereocenters. The molecule has 0 amide bonds. The molecule has 1 aromatic carbocycles. The smallest absolute Gasteiger partial charge is 0.336 e. The molecule has 0 N–H and O–H groups in total. The van der Waals surface area contributed by atoms with Gasteiger partial charge in [-0.15, -0.1) is 0 Å². The topological polar surface area (TPSA) is 70.7 Å². The molecule has 6 heteroatoms. The number of benzene rings is 1. The average molecular weight is 409 g/mol. The van der Waals surface area contributed by atoms with Crippen LogP contribution in [-0.4, -0.2) is 29.7 Å². The predicted molar refractivity (Wildman–Crippen MR) is 115 cm³/mol. The van der Waals surface area contributed by atoms with Crippen molar-refractivity contribution < 1.29 is 18.7 Å². The van der Waals surface area contributed by atoms with Crippen LogP contribution < -0.4 is 10.4 Å². The van der Waals surface area contributed by atoms with Crippen LogP contribution in [0.1, 0.15) is 45.7 Å². The predicted octanol–water partition coefficient (Wildman–Crippen LogP) is 4.27. The molecular formula is C24H27NO5. The molecule has 2 aromatic heterocycles. The summed E-state index contributed by atoms with van der Waals surface area (Å²) in [5.41, 5.74) is 4.33. The summed E-state index contributed by atoms with van der Waals surface area (Å²) in [4.78, 5) is 24.6. The highest BCUT2D eigenvalue weighted by Gasteiger charge is 2.21. The summed E-state index contributed by atoms with van der Waals surface area (Å²) in [7, 11) is 0. The number of ether oxygens (including phenoxy) is 2. The van der Waals surface area contributed by atoms with Crippen LogP contribution in [0.5, 0.6) is 5.75 Å². The van der Waals surface area contributed by atoms with Gasteiger partial charge >= 0.3 is 5.63 Å². The van der Waals surface area contributed by atoms with E-state index in [-0.39, 0.29) is 18.5 Å². The lowest BCUT2D eigenvalue weighted by molar-refractivity contribution is 0.0914. The van der Waals surface area contributed by atoms with Gasteiger partial charge in [-0.3, -0.25) is 4.79 Å². The van der Waals surface area contributed by atoms with E-state index in [9.17, 15) is 9.59 Å². The highest BCUT2D eigenvalue weighted by atomic mass is 16.5. The molecule has 0 bridgehead atoms. The van der Waals surface area contributed by atoms with E-state index in [4.69, 9.17) is 13.9 Å². The van der Waals surface area contributed by atoms with E-state index >= 15 is 0 Å². The third-order valence-corrected chi connectivity index (χ3v) is 5.96. The third kappa shape index (κ3) is 3.79. The van der Waals surface area contributed by atoms with Crippen molar-refractivity contribution in [2.24, 2.45) is 0 Å². The van der Waals surface area contributed by atoms with Crippen LogP contribution in [0.4, 0.5) is 0 Å². The molecule has 1 atom stereocenters. The van der Waals surface area contributed by atoms with Crippen molar-refractivity contribution in [3.8, 4) is 5.75 Å². The summed E-state index contributed by atoms with van der Waals surface area (Å²) in [6.45, 7) is 9.19. The number of hydrogen-bond donors (Lipinski definition) is 0. The van der Waals surface area contributed by atoms with Gasteiger partial charge in [-0.25, -0.2) is 4.79 Å². The number of ketones is 1. The van der Waals surface area contributed by atoms with Crippen molar-refractivity contribution in [2.75, 3.05) is 13.2 Å². The monoisotopic (exact) mass is 409 g/mol. The third-order valence-electron chi connectivity index (χ3n) is 5.96. The summed E-state index contributed by atoms with van der Waals surface area (Å²) >= 11 is 0. The Hall–Kier alpha value is -2.86. The normalized spacial score (nSPS) is 16.3. The van der Waals surface area contributed by atoms with Crippen molar-refractivity contribution in [1.29, 1.82) is 0 Å². The Morgan fingerprint density at radius 3 is 2.73 bits per heavy atom. The molecule has 0 spiro atoms. The molecule has 3 heterocycles. The van der Waals surface area contributed by atoms with Crippen molar-refractivity contribution in [3.63, 3.8) is 0 Å². The van der Waals surface area contributed by atoms with E-state index in [2.05, 4.69) is 4.57 Å². The van der Waals surface area contributed by atoms with Gasteiger partial charge < -0.3 is 18.5 Å². The zero-order valence-corrected chi connectivity index (χ0v) is 17.9. The van der Waals surface area contributed by atoms with Crippen LogP contribution in [0, 0.1) is 27.7 Å². The fourth-order valence-corrected chi connectivity index (χ4v) is 4.23. The number of carbonyl (C=O) groups excluding carboxylic acids is 1. The summed E-state index contributed by atoms with van der Waals surface area (Å²) in [5, 5.41) is 0.864. The van der Waals surface area contributed by atoms with Crippen LogP contribution in [0.15, 0.2) is 33.5 Å². The Kier molecular flexibility index (Phi) is 5.52. The number of aryl methyl sites for hydroxylation is 3. The molecule has 30 heavy (non-hydrogen) atoms. The van der Waals surface area contributed by atoms with E-state index in [1.165, 1.54) is 6.07 Å².